The first-order chi connectivity index (χ1) is 8.10. The SMILES string of the molecule is CCCN1C[C@@H](O[Si](C)(C)C(C)(C)C)[C@H](C)C1=O. The van der Waals surface area contributed by atoms with Crippen LogP contribution in [0.2, 0.25) is 18.1 Å². The van der Waals surface area contributed by atoms with Crippen molar-refractivity contribution in [2.45, 2.75) is 65.3 Å². The normalized spacial score (nSPS) is 25.9. The Morgan fingerprint density at radius 3 is 2.39 bits per heavy atom. The first-order valence-corrected chi connectivity index (χ1v) is 9.97. The molecule has 106 valence electrons. The third-order valence-electron chi connectivity index (χ3n) is 4.40. The molecule has 2 atom stereocenters. The fraction of sp³-hybridized carbons (Fsp3) is 0.929. The summed E-state index contributed by atoms with van der Waals surface area (Å²) < 4.78 is 6.40. The molecule has 0 spiro atoms. The number of carbonyl (C=O) groups is 1. The van der Waals surface area contributed by atoms with Gasteiger partial charge in [0.1, 0.15) is 0 Å². The zero-order valence-electron chi connectivity index (χ0n) is 13.0. The molecular weight excluding hydrogens is 242 g/mol. The summed E-state index contributed by atoms with van der Waals surface area (Å²) in [5, 5.41) is 0.202. The van der Waals surface area contributed by atoms with Gasteiger partial charge < -0.3 is 9.33 Å². The molecule has 0 N–H and O–H groups in total. The summed E-state index contributed by atoms with van der Waals surface area (Å²) in [6, 6.07) is 0. The van der Waals surface area contributed by atoms with Crippen LogP contribution in [0.5, 0.6) is 0 Å². The van der Waals surface area contributed by atoms with Crippen molar-refractivity contribution in [2.75, 3.05) is 13.1 Å². The summed E-state index contributed by atoms with van der Waals surface area (Å²) in [4.78, 5) is 14.1. The Morgan fingerprint density at radius 2 is 1.94 bits per heavy atom. The Labute approximate surface area is 113 Å². The van der Waals surface area contributed by atoms with Crippen LogP contribution in [-0.2, 0) is 9.22 Å². The van der Waals surface area contributed by atoms with Gasteiger partial charge in [0.15, 0.2) is 8.32 Å². The molecule has 1 rings (SSSR count). The van der Waals surface area contributed by atoms with Crippen molar-refractivity contribution >= 4 is 14.2 Å². The third kappa shape index (κ3) is 3.15. The average molecular weight is 271 g/mol. The molecule has 1 aliphatic rings. The smallest absolute Gasteiger partial charge is 0.228 e. The summed E-state index contributed by atoms with van der Waals surface area (Å²) in [7, 11) is -1.77. The van der Waals surface area contributed by atoms with Crippen molar-refractivity contribution in [3.8, 4) is 0 Å². The number of nitrogens with zero attached hydrogens (tertiary/aromatic N) is 1. The Hall–Kier alpha value is -0.353. The second-order valence-electron chi connectivity index (χ2n) is 6.99. The maximum absolute atomic E-state index is 12.1. The van der Waals surface area contributed by atoms with Crippen LogP contribution in [-0.4, -0.2) is 38.3 Å². The van der Waals surface area contributed by atoms with E-state index in [1.54, 1.807) is 0 Å². The molecule has 1 heterocycles. The maximum Gasteiger partial charge on any atom is 0.228 e. The molecule has 1 amide bonds. The largest absolute Gasteiger partial charge is 0.411 e. The first-order valence-electron chi connectivity index (χ1n) is 7.06. The topological polar surface area (TPSA) is 29.5 Å². The van der Waals surface area contributed by atoms with Gasteiger partial charge in [-0.25, -0.2) is 0 Å². The second-order valence-corrected chi connectivity index (χ2v) is 11.7. The van der Waals surface area contributed by atoms with Crippen LogP contribution in [0.1, 0.15) is 41.0 Å². The van der Waals surface area contributed by atoms with Crippen LogP contribution in [0.15, 0.2) is 0 Å². The summed E-state index contributed by atoms with van der Waals surface area (Å²) >= 11 is 0. The van der Waals surface area contributed by atoms with Crippen LogP contribution < -0.4 is 0 Å². The Morgan fingerprint density at radius 1 is 1.39 bits per heavy atom. The zero-order chi connectivity index (χ0) is 14.1. The van der Waals surface area contributed by atoms with E-state index in [-0.39, 0.29) is 23.0 Å². The summed E-state index contributed by atoms with van der Waals surface area (Å²) in [5.74, 6) is 0.284. The monoisotopic (exact) mass is 271 g/mol. The van der Waals surface area contributed by atoms with E-state index in [0.29, 0.717) is 0 Å². The standard InChI is InChI=1S/C14H29NO2Si/c1-8-9-15-10-12(11(2)13(15)16)17-18(6,7)14(3,4)5/h11-12H,8-10H2,1-7H3/t11-,12+/m0/s1. The Balaban J connectivity index is 2.72. The van der Waals surface area contributed by atoms with Gasteiger partial charge in [0, 0.05) is 13.1 Å². The second kappa shape index (κ2) is 5.33. The minimum atomic E-state index is -1.77. The van der Waals surface area contributed by atoms with Crippen molar-refractivity contribution in [3.05, 3.63) is 0 Å². The average Bonchev–Trinajstić information content (AvgIpc) is 2.45. The lowest BCUT2D eigenvalue weighted by Gasteiger charge is -2.39. The van der Waals surface area contributed by atoms with E-state index in [0.717, 1.165) is 19.5 Å². The maximum atomic E-state index is 12.1. The van der Waals surface area contributed by atoms with E-state index in [1.807, 2.05) is 11.8 Å². The molecule has 0 unspecified atom stereocenters. The van der Waals surface area contributed by atoms with Crippen LogP contribution in [0, 0.1) is 5.92 Å². The van der Waals surface area contributed by atoms with Crippen LogP contribution in [0.4, 0.5) is 0 Å². The fourth-order valence-electron chi connectivity index (χ4n) is 2.08. The lowest BCUT2D eigenvalue weighted by molar-refractivity contribution is -0.130. The first kappa shape index (κ1) is 15.7. The van der Waals surface area contributed by atoms with E-state index in [9.17, 15) is 4.79 Å². The van der Waals surface area contributed by atoms with Gasteiger partial charge in [0.05, 0.1) is 12.0 Å². The summed E-state index contributed by atoms with van der Waals surface area (Å²) in [6.07, 6.45) is 1.11. The van der Waals surface area contributed by atoms with Crippen LogP contribution in [0.25, 0.3) is 0 Å². The van der Waals surface area contributed by atoms with Gasteiger partial charge in [0.2, 0.25) is 5.91 Å². The highest BCUT2D eigenvalue weighted by atomic mass is 28.4. The molecule has 4 heteroatoms. The van der Waals surface area contributed by atoms with E-state index < -0.39 is 8.32 Å². The molecule has 1 aliphatic heterocycles. The van der Waals surface area contributed by atoms with Gasteiger partial charge in [0.25, 0.3) is 0 Å². The quantitative estimate of drug-likeness (QED) is 0.735. The molecule has 0 saturated carbocycles. The molecule has 0 aliphatic carbocycles. The van der Waals surface area contributed by atoms with E-state index in [1.165, 1.54) is 0 Å². The van der Waals surface area contributed by atoms with Gasteiger partial charge in [-0.1, -0.05) is 34.6 Å². The number of rotatable bonds is 4. The number of amides is 1. The van der Waals surface area contributed by atoms with Gasteiger partial charge >= 0.3 is 0 Å². The Bertz CT molecular complexity index is 309. The van der Waals surface area contributed by atoms with Crippen molar-refractivity contribution in [1.82, 2.24) is 4.90 Å². The molecule has 0 bridgehead atoms. The van der Waals surface area contributed by atoms with E-state index >= 15 is 0 Å². The third-order valence-corrected chi connectivity index (χ3v) is 8.91. The predicted octanol–water partition coefficient (Wildman–Crippen LogP) is 3.27. The molecule has 18 heavy (non-hydrogen) atoms. The fourth-order valence-corrected chi connectivity index (χ4v) is 3.47. The highest BCUT2D eigenvalue weighted by Crippen LogP contribution is 2.39. The van der Waals surface area contributed by atoms with Gasteiger partial charge in [-0.05, 0) is 24.6 Å². The minimum absolute atomic E-state index is 0.0191. The molecule has 3 nitrogen and oxygen atoms in total. The van der Waals surface area contributed by atoms with E-state index in [4.69, 9.17) is 4.43 Å². The van der Waals surface area contributed by atoms with Crippen molar-refractivity contribution in [2.24, 2.45) is 5.92 Å². The summed E-state index contributed by atoms with van der Waals surface area (Å²) in [5.41, 5.74) is 0. The minimum Gasteiger partial charge on any atom is -0.411 e. The highest BCUT2D eigenvalue weighted by molar-refractivity contribution is 6.74. The number of hydrogen-bond donors (Lipinski definition) is 0. The number of likely N-dealkylation sites (tertiary alicyclic amines) is 1. The van der Waals surface area contributed by atoms with Gasteiger partial charge in [-0.3, -0.25) is 4.79 Å². The highest BCUT2D eigenvalue weighted by Gasteiger charge is 2.45. The number of hydrogen-bond acceptors (Lipinski definition) is 2. The van der Waals surface area contributed by atoms with Crippen molar-refractivity contribution in [1.29, 1.82) is 0 Å². The predicted molar refractivity (Wildman–Crippen MR) is 78.1 cm³/mol. The van der Waals surface area contributed by atoms with Crippen LogP contribution >= 0.6 is 0 Å². The molecule has 0 radical (unpaired) electrons. The lowest BCUT2D eigenvalue weighted by Crippen LogP contribution is -2.45. The zero-order valence-corrected chi connectivity index (χ0v) is 14.0. The molecule has 0 aromatic heterocycles. The van der Waals surface area contributed by atoms with Crippen molar-refractivity contribution in [3.63, 3.8) is 0 Å². The lowest BCUT2D eigenvalue weighted by atomic mass is 10.1. The van der Waals surface area contributed by atoms with Gasteiger partial charge in [-0.15, -0.1) is 0 Å². The molecule has 1 saturated heterocycles. The number of carbonyl (C=O) groups excluding carboxylic acids is 1. The molecular formula is C14H29NO2Si. The molecule has 0 aromatic carbocycles. The van der Waals surface area contributed by atoms with E-state index in [2.05, 4.69) is 40.8 Å². The Kier molecular flexibility index (Phi) is 4.65. The van der Waals surface area contributed by atoms with Gasteiger partial charge in [-0.2, -0.15) is 0 Å². The van der Waals surface area contributed by atoms with Crippen molar-refractivity contribution < 1.29 is 9.22 Å². The molecule has 1 fully saturated rings. The summed E-state index contributed by atoms with van der Waals surface area (Å²) in [6.45, 7) is 17.0. The van der Waals surface area contributed by atoms with Crippen LogP contribution in [0.3, 0.4) is 0 Å². The molecule has 0 aromatic rings.